The van der Waals surface area contributed by atoms with Gasteiger partial charge >= 0.3 is 0 Å². The molecule has 0 spiro atoms. The number of halogens is 2. The lowest BCUT2D eigenvalue weighted by molar-refractivity contribution is 0.621. The quantitative estimate of drug-likeness (QED) is 0.761. The van der Waals surface area contributed by atoms with Crippen molar-refractivity contribution in [2.45, 2.75) is 32.4 Å². The molecule has 0 saturated carbocycles. The van der Waals surface area contributed by atoms with E-state index in [1.807, 2.05) is 20.8 Å². The highest BCUT2D eigenvalue weighted by molar-refractivity contribution is 9.10. The molecule has 1 rings (SSSR count). The first-order valence-corrected chi connectivity index (χ1v) is 7.04. The lowest BCUT2D eigenvalue weighted by Crippen LogP contribution is -2.20. The Labute approximate surface area is 112 Å². The van der Waals surface area contributed by atoms with E-state index < -0.39 is 15.7 Å². The SMILES string of the molecule is C/C(=N\[S@@](=O)C(C)(C)C)c1ccc(Br)c(F)c1. The molecule has 0 heterocycles. The summed E-state index contributed by atoms with van der Waals surface area (Å²) in [5.41, 5.74) is 1.22. The van der Waals surface area contributed by atoms with Gasteiger partial charge in [-0.15, -0.1) is 0 Å². The van der Waals surface area contributed by atoms with Crippen molar-refractivity contribution in [1.29, 1.82) is 0 Å². The lowest BCUT2D eigenvalue weighted by Gasteiger charge is -2.14. The van der Waals surface area contributed by atoms with Gasteiger partial charge in [0.1, 0.15) is 16.8 Å². The molecular formula is C12H15BrFNOS. The van der Waals surface area contributed by atoms with Gasteiger partial charge in [0.15, 0.2) is 0 Å². The molecule has 0 aliphatic rings. The van der Waals surface area contributed by atoms with E-state index in [2.05, 4.69) is 20.3 Å². The van der Waals surface area contributed by atoms with E-state index >= 15 is 0 Å². The molecule has 1 aromatic rings. The molecule has 5 heteroatoms. The van der Waals surface area contributed by atoms with E-state index in [4.69, 9.17) is 0 Å². The van der Waals surface area contributed by atoms with Crippen LogP contribution in [0.2, 0.25) is 0 Å². The van der Waals surface area contributed by atoms with Crippen LogP contribution in [-0.4, -0.2) is 14.7 Å². The molecule has 0 unspecified atom stereocenters. The Balaban J connectivity index is 3.04. The highest BCUT2D eigenvalue weighted by Crippen LogP contribution is 2.18. The van der Waals surface area contributed by atoms with Crippen molar-refractivity contribution < 1.29 is 8.60 Å². The first kappa shape index (κ1) is 14.5. The summed E-state index contributed by atoms with van der Waals surface area (Å²) in [4.78, 5) is 0. The fourth-order valence-electron chi connectivity index (χ4n) is 1.04. The summed E-state index contributed by atoms with van der Waals surface area (Å²) >= 11 is 3.09. The van der Waals surface area contributed by atoms with Gasteiger partial charge in [0, 0.05) is 0 Å². The fourth-order valence-corrected chi connectivity index (χ4v) is 1.91. The summed E-state index contributed by atoms with van der Waals surface area (Å²) in [7, 11) is -1.33. The minimum atomic E-state index is -1.33. The normalized spacial score (nSPS) is 14.8. The summed E-state index contributed by atoms with van der Waals surface area (Å²) in [5.74, 6) is -0.349. The molecule has 17 heavy (non-hydrogen) atoms. The Morgan fingerprint density at radius 3 is 2.47 bits per heavy atom. The van der Waals surface area contributed by atoms with Crippen LogP contribution in [0.5, 0.6) is 0 Å². The van der Waals surface area contributed by atoms with Crippen LogP contribution in [0.4, 0.5) is 4.39 Å². The maximum Gasteiger partial charge on any atom is 0.145 e. The molecule has 0 aliphatic carbocycles. The lowest BCUT2D eigenvalue weighted by atomic mass is 10.1. The Kier molecular flexibility index (Phi) is 4.61. The minimum Gasteiger partial charge on any atom is -0.234 e. The zero-order valence-electron chi connectivity index (χ0n) is 10.3. The van der Waals surface area contributed by atoms with Gasteiger partial charge in [0.05, 0.1) is 14.9 Å². The van der Waals surface area contributed by atoms with Crippen LogP contribution in [0.3, 0.4) is 0 Å². The third-order valence-corrected chi connectivity index (χ3v) is 4.21. The van der Waals surface area contributed by atoms with E-state index in [-0.39, 0.29) is 5.82 Å². The second-order valence-electron chi connectivity index (χ2n) is 4.67. The van der Waals surface area contributed by atoms with Gasteiger partial charge in [-0.05, 0) is 61.3 Å². The van der Waals surface area contributed by atoms with Crippen LogP contribution >= 0.6 is 15.9 Å². The van der Waals surface area contributed by atoms with Gasteiger partial charge in [-0.25, -0.2) is 8.60 Å². The van der Waals surface area contributed by atoms with Crippen molar-refractivity contribution in [1.82, 2.24) is 0 Å². The standard InChI is InChI=1S/C12H15BrFNOS/c1-8(15-17(16)12(2,3)4)9-5-6-10(13)11(14)7-9/h5-7H,1-4H3/b15-8+/t17-/m0/s1. The number of hydrogen-bond acceptors (Lipinski definition) is 1. The summed E-state index contributed by atoms with van der Waals surface area (Å²) in [5, 5.41) is 0. The summed E-state index contributed by atoms with van der Waals surface area (Å²) in [6, 6.07) is 4.73. The minimum absolute atomic E-state index is 0.349. The van der Waals surface area contributed by atoms with Crippen LogP contribution in [0.25, 0.3) is 0 Å². The Bertz CT molecular complexity index is 480. The maximum atomic E-state index is 13.3. The number of benzene rings is 1. The first-order chi connectivity index (χ1) is 7.71. The van der Waals surface area contributed by atoms with Crippen molar-refractivity contribution in [3.63, 3.8) is 0 Å². The molecule has 0 radical (unpaired) electrons. The van der Waals surface area contributed by atoms with Crippen molar-refractivity contribution in [3.05, 3.63) is 34.1 Å². The zero-order chi connectivity index (χ0) is 13.2. The highest BCUT2D eigenvalue weighted by atomic mass is 79.9. The number of hydrogen-bond donors (Lipinski definition) is 0. The topological polar surface area (TPSA) is 29.4 Å². The highest BCUT2D eigenvalue weighted by Gasteiger charge is 2.19. The van der Waals surface area contributed by atoms with Gasteiger partial charge in [-0.2, -0.15) is 4.40 Å². The van der Waals surface area contributed by atoms with Crippen LogP contribution < -0.4 is 0 Å². The molecule has 0 aromatic heterocycles. The smallest absolute Gasteiger partial charge is 0.145 e. The monoisotopic (exact) mass is 319 g/mol. The molecule has 0 amide bonds. The molecule has 1 atom stereocenters. The molecule has 0 N–H and O–H groups in total. The van der Waals surface area contributed by atoms with Crippen LogP contribution in [-0.2, 0) is 11.0 Å². The largest absolute Gasteiger partial charge is 0.234 e. The number of rotatable bonds is 2. The van der Waals surface area contributed by atoms with Gasteiger partial charge < -0.3 is 0 Å². The van der Waals surface area contributed by atoms with Crippen molar-refractivity contribution in [2.75, 3.05) is 0 Å². The molecule has 0 bridgehead atoms. The Hall–Kier alpha value is -0.550. The molecular weight excluding hydrogens is 305 g/mol. The Morgan fingerprint density at radius 2 is 2.00 bits per heavy atom. The van der Waals surface area contributed by atoms with Gasteiger partial charge in [-0.1, -0.05) is 6.07 Å². The predicted molar refractivity (Wildman–Crippen MR) is 74.2 cm³/mol. The van der Waals surface area contributed by atoms with Gasteiger partial charge in [0.25, 0.3) is 0 Å². The van der Waals surface area contributed by atoms with Crippen LogP contribution in [0.15, 0.2) is 27.1 Å². The van der Waals surface area contributed by atoms with Gasteiger partial charge in [-0.3, -0.25) is 0 Å². The van der Waals surface area contributed by atoms with Crippen LogP contribution in [0, 0.1) is 5.82 Å². The maximum absolute atomic E-state index is 13.3. The molecule has 94 valence electrons. The number of nitrogens with zero attached hydrogens (tertiary/aromatic N) is 1. The van der Waals surface area contributed by atoms with E-state index in [1.165, 1.54) is 6.07 Å². The van der Waals surface area contributed by atoms with E-state index in [9.17, 15) is 8.60 Å². The van der Waals surface area contributed by atoms with E-state index in [0.29, 0.717) is 15.7 Å². The second kappa shape index (κ2) is 5.40. The summed E-state index contributed by atoms with van der Waals surface area (Å²) in [6.07, 6.45) is 0. The first-order valence-electron chi connectivity index (χ1n) is 5.14. The second-order valence-corrected chi connectivity index (χ2v) is 7.43. The van der Waals surface area contributed by atoms with Crippen molar-refractivity contribution in [3.8, 4) is 0 Å². The third kappa shape index (κ3) is 4.00. The zero-order valence-corrected chi connectivity index (χ0v) is 12.7. The van der Waals surface area contributed by atoms with Crippen molar-refractivity contribution >= 4 is 32.6 Å². The average molecular weight is 320 g/mol. The van der Waals surface area contributed by atoms with Crippen molar-refractivity contribution in [2.24, 2.45) is 4.40 Å². The van der Waals surface area contributed by atoms with Crippen LogP contribution in [0.1, 0.15) is 33.3 Å². The summed E-state index contributed by atoms with van der Waals surface area (Å²) in [6.45, 7) is 7.28. The summed E-state index contributed by atoms with van der Waals surface area (Å²) < 4.78 is 29.3. The average Bonchev–Trinajstić information content (AvgIpc) is 2.20. The van der Waals surface area contributed by atoms with Gasteiger partial charge in [0.2, 0.25) is 0 Å². The predicted octanol–water partition coefficient (Wildman–Crippen LogP) is 3.86. The molecule has 0 aliphatic heterocycles. The van der Waals surface area contributed by atoms with E-state index in [0.717, 1.165) is 0 Å². The van der Waals surface area contributed by atoms with E-state index in [1.54, 1.807) is 19.1 Å². The molecule has 0 saturated heterocycles. The molecule has 2 nitrogen and oxygen atoms in total. The third-order valence-electron chi connectivity index (χ3n) is 2.08. The molecule has 0 fully saturated rings. The fraction of sp³-hybridized carbons (Fsp3) is 0.417. The Morgan fingerprint density at radius 1 is 1.41 bits per heavy atom. The molecule has 1 aromatic carbocycles.